The third-order valence-electron chi connectivity index (χ3n) is 4.83. The second-order valence-electron chi connectivity index (χ2n) is 6.74. The molecule has 1 saturated carbocycles. The van der Waals surface area contributed by atoms with Crippen molar-refractivity contribution in [3.63, 3.8) is 0 Å². The highest BCUT2D eigenvalue weighted by Crippen LogP contribution is 2.28. The van der Waals surface area contributed by atoms with Gasteiger partial charge in [-0.25, -0.2) is 8.42 Å². The first kappa shape index (κ1) is 19.8. The van der Waals surface area contributed by atoms with Crippen LogP contribution in [-0.2, 0) is 29.1 Å². The van der Waals surface area contributed by atoms with Crippen LogP contribution in [0.5, 0.6) is 0 Å². The molecule has 3 rings (SSSR count). The van der Waals surface area contributed by atoms with E-state index in [2.05, 4.69) is 5.32 Å². The van der Waals surface area contributed by atoms with Crippen LogP contribution in [-0.4, -0.2) is 57.0 Å². The number of amides is 1. The van der Waals surface area contributed by atoms with Gasteiger partial charge in [-0.2, -0.15) is 4.31 Å². The average molecular weight is 396 g/mol. The van der Waals surface area contributed by atoms with Crippen molar-refractivity contribution in [1.82, 2.24) is 4.31 Å². The molecule has 0 bridgehead atoms. The highest BCUT2D eigenvalue weighted by atomic mass is 32.2. The normalized spacial score (nSPS) is 19.7. The van der Waals surface area contributed by atoms with Crippen LogP contribution < -0.4 is 5.32 Å². The summed E-state index contributed by atoms with van der Waals surface area (Å²) in [5.74, 6) is -0.882. The van der Waals surface area contributed by atoms with Crippen LogP contribution in [0.25, 0.3) is 0 Å². The molecular weight excluding hydrogens is 372 g/mol. The van der Waals surface area contributed by atoms with E-state index in [0.29, 0.717) is 32.0 Å². The van der Waals surface area contributed by atoms with Crippen molar-refractivity contribution in [1.29, 1.82) is 0 Å². The van der Waals surface area contributed by atoms with Crippen molar-refractivity contribution < 1.29 is 27.5 Å². The molecule has 1 amide bonds. The van der Waals surface area contributed by atoms with Gasteiger partial charge in [-0.15, -0.1) is 0 Å². The molecule has 8 nitrogen and oxygen atoms in total. The molecule has 1 N–H and O–H groups in total. The van der Waals surface area contributed by atoms with E-state index < -0.39 is 22.0 Å². The Bertz CT molecular complexity index is 783. The van der Waals surface area contributed by atoms with Gasteiger partial charge in [-0.3, -0.25) is 9.59 Å². The van der Waals surface area contributed by atoms with Gasteiger partial charge in [0.25, 0.3) is 5.91 Å². The summed E-state index contributed by atoms with van der Waals surface area (Å²) in [6, 6.07) is 5.94. The molecule has 9 heteroatoms. The highest BCUT2D eigenvalue weighted by molar-refractivity contribution is 7.89. The van der Waals surface area contributed by atoms with Gasteiger partial charge in [0.05, 0.1) is 24.0 Å². The Morgan fingerprint density at radius 1 is 1.19 bits per heavy atom. The fourth-order valence-electron chi connectivity index (χ4n) is 2.86. The zero-order valence-corrected chi connectivity index (χ0v) is 16.0. The minimum absolute atomic E-state index is 0.0927. The van der Waals surface area contributed by atoms with Crippen LogP contribution >= 0.6 is 0 Å². The van der Waals surface area contributed by atoms with Crippen molar-refractivity contribution >= 4 is 27.6 Å². The minimum Gasteiger partial charge on any atom is -0.452 e. The van der Waals surface area contributed by atoms with E-state index in [0.717, 1.165) is 19.3 Å². The Morgan fingerprint density at radius 2 is 1.81 bits per heavy atom. The smallest absolute Gasteiger partial charge is 0.309 e. The van der Waals surface area contributed by atoms with E-state index >= 15 is 0 Å². The third-order valence-corrected chi connectivity index (χ3v) is 6.74. The van der Waals surface area contributed by atoms with E-state index in [1.54, 1.807) is 0 Å². The number of nitrogens with zero attached hydrogens (tertiary/aromatic N) is 1. The molecule has 0 aromatic heterocycles. The van der Waals surface area contributed by atoms with Gasteiger partial charge in [0.15, 0.2) is 6.10 Å². The molecule has 1 saturated heterocycles. The number of ether oxygens (including phenoxy) is 2. The lowest BCUT2D eigenvalue weighted by molar-refractivity contribution is -0.159. The number of esters is 1. The maximum atomic E-state index is 12.6. The zero-order valence-electron chi connectivity index (χ0n) is 15.2. The number of sulfonamides is 1. The Hall–Kier alpha value is -1.97. The maximum absolute atomic E-state index is 12.6. The van der Waals surface area contributed by atoms with E-state index in [1.165, 1.54) is 35.5 Å². The lowest BCUT2D eigenvalue weighted by Crippen LogP contribution is -2.40. The molecule has 27 heavy (non-hydrogen) atoms. The summed E-state index contributed by atoms with van der Waals surface area (Å²) in [5, 5.41) is 2.64. The number of benzene rings is 1. The molecule has 1 atom stereocenters. The summed E-state index contributed by atoms with van der Waals surface area (Å²) < 4.78 is 36.9. The van der Waals surface area contributed by atoms with Gasteiger partial charge in [-0.05, 0) is 44.0 Å². The number of nitrogens with one attached hydrogen (secondary N) is 1. The molecule has 1 aliphatic heterocycles. The number of carbonyl (C=O) groups excluding carboxylic acids is 2. The summed E-state index contributed by atoms with van der Waals surface area (Å²) in [7, 11) is -3.57. The molecular formula is C18H24N2O6S. The number of rotatable bonds is 6. The van der Waals surface area contributed by atoms with Crippen molar-refractivity contribution in [2.75, 3.05) is 31.6 Å². The second-order valence-corrected chi connectivity index (χ2v) is 8.67. The first-order chi connectivity index (χ1) is 12.9. The minimum atomic E-state index is -3.57. The van der Waals surface area contributed by atoms with Crippen molar-refractivity contribution in [2.45, 2.75) is 37.2 Å². The molecule has 1 aromatic carbocycles. The molecule has 0 spiro atoms. The van der Waals surface area contributed by atoms with Gasteiger partial charge in [0, 0.05) is 18.8 Å². The van der Waals surface area contributed by atoms with E-state index in [4.69, 9.17) is 9.47 Å². The summed E-state index contributed by atoms with van der Waals surface area (Å²) in [6.45, 7) is 2.92. The Morgan fingerprint density at radius 3 is 2.37 bits per heavy atom. The van der Waals surface area contributed by atoms with Crippen LogP contribution in [0.1, 0.15) is 26.2 Å². The van der Waals surface area contributed by atoms with Gasteiger partial charge < -0.3 is 14.8 Å². The van der Waals surface area contributed by atoms with Crippen LogP contribution in [0.2, 0.25) is 0 Å². The SMILES string of the molecule is C[C@@H](OC(=O)C1CCC1)C(=O)Nc1ccc(S(=O)(=O)N2CCOCC2)cc1. The number of hydrogen-bond donors (Lipinski definition) is 1. The second kappa shape index (κ2) is 8.37. The lowest BCUT2D eigenvalue weighted by Gasteiger charge is -2.26. The van der Waals surface area contributed by atoms with E-state index in [9.17, 15) is 18.0 Å². The standard InChI is InChI=1S/C18H24N2O6S/c1-13(26-18(22)14-3-2-4-14)17(21)19-15-5-7-16(8-6-15)27(23,24)20-9-11-25-12-10-20/h5-8,13-14H,2-4,9-12H2,1H3,(H,19,21)/t13-/m1/s1. The highest BCUT2D eigenvalue weighted by Gasteiger charge is 2.30. The number of hydrogen-bond acceptors (Lipinski definition) is 6. The topological polar surface area (TPSA) is 102 Å². The molecule has 1 heterocycles. The van der Waals surface area contributed by atoms with Gasteiger partial charge in [0.1, 0.15) is 0 Å². The third kappa shape index (κ3) is 4.66. The fourth-order valence-corrected chi connectivity index (χ4v) is 4.27. The molecule has 2 fully saturated rings. The molecule has 0 radical (unpaired) electrons. The predicted molar refractivity (Wildman–Crippen MR) is 97.5 cm³/mol. The number of anilines is 1. The summed E-state index contributed by atoms with van der Waals surface area (Å²) >= 11 is 0. The van der Waals surface area contributed by atoms with Gasteiger partial charge >= 0.3 is 5.97 Å². The molecule has 1 aliphatic carbocycles. The quantitative estimate of drug-likeness (QED) is 0.729. The average Bonchev–Trinajstić information content (AvgIpc) is 2.61. The van der Waals surface area contributed by atoms with Crippen molar-refractivity contribution in [3.8, 4) is 0 Å². The van der Waals surface area contributed by atoms with Crippen LogP contribution in [0.3, 0.4) is 0 Å². The number of morpholine rings is 1. The summed E-state index contributed by atoms with van der Waals surface area (Å²) in [6.07, 6.45) is 1.73. The molecule has 2 aliphatic rings. The maximum Gasteiger partial charge on any atom is 0.309 e. The molecule has 148 valence electrons. The zero-order chi connectivity index (χ0) is 19.4. The van der Waals surface area contributed by atoms with Crippen LogP contribution in [0, 0.1) is 5.92 Å². The first-order valence-corrected chi connectivity index (χ1v) is 10.5. The van der Waals surface area contributed by atoms with Gasteiger partial charge in [-0.1, -0.05) is 6.42 Å². The Balaban J connectivity index is 1.58. The van der Waals surface area contributed by atoms with Gasteiger partial charge in [0.2, 0.25) is 10.0 Å². The molecule has 1 aromatic rings. The molecule has 0 unspecified atom stereocenters. The van der Waals surface area contributed by atoms with Crippen LogP contribution in [0.4, 0.5) is 5.69 Å². The van der Waals surface area contributed by atoms with Crippen molar-refractivity contribution in [3.05, 3.63) is 24.3 Å². The monoisotopic (exact) mass is 396 g/mol. The van der Waals surface area contributed by atoms with E-state index in [1.807, 2.05) is 0 Å². The predicted octanol–water partition coefficient (Wildman–Crippen LogP) is 1.38. The first-order valence-electron chi connectivity index (χ1n) is 9.07. The number of carbonyl (C=O) groups is 2. The Labute approximate surface area is 158 Å². The summed E-state index contributed by atoms with van der Waals surface area (Å²) in [5.41, 5.74) is 0.437. The summed E-state index contributed by atoms with van der Waals surface area (Å²) in [4.78, 5) is 24.2. The van der Waals surface area contributed by atoms with Crippen molar-refractivity contribution in [2.24, 2.45) is 5.92 Å². The van der Waals surface area contributed by atoms with Crippen LogP contribution in [0.15, 0.2) is 29.2 Å². The Kier molecular flexibility index (Phi) is 6.13. The fraction of sp³-hybridized carbons (Fsp3) is 0.556. The lowest BCUT2D eigenvalue weighted by atomic mass is 9.86. The largest absolute Gasteiger partial charge is 0.452 e. The van der Waals surface area contributed by atoms with E-state index in [-0.39, 0.29) is 16.8 Å².